The van der Waals surface area contributed by atoms with Crippen molar-refractivity contribution in [3.05, 3.63) is 11.8 Å². The number of aliphatic hydroxyl groups is 1. The molecule has 0 unspecified atom stereocenters. The molecule has 0 saturated carbocycles. The number of H-pyrrole nitrogens is 1. The van der Waals surface area contributed by atoms with Crippen LogP contribution in [0, 0.1) is 0 Å². The van der Waals surface area contributed by atoms with E-state index in [9.17, 15) is 13.2 Å². The monoisotopic (exact) mass is 195 g/mol. The summed E-state index contributed by atoms with van der Waals surface area (Å²) in [4.78, 5) is 0. The van der Waals surface area contributed by atoms with E-state index in [-0.39, 0.29) is 19.0 Å². The maximum absolute atomic E-state index is 12.0. The molecule has 1 rings (SSSR count). The van der Waals surface area contributed by atoms with Crippen molar-refractivity contribution in [1.29, 1.82) is 0 Å². The molecule has 0 aromatic carbocycles. The van der Waals surface area contributed by atoms with E-state index in [0.717, 1.165) is 6.07 Å². The Morgan fingerprint density at radius 3 is 2.69 bits per heavy atom. The quantitative estimate of drug-likeness (QED) is 0.669. The van der Waals surface area contributed by atoms with Gasteiger partial charge in [-0.3, -0.25) is 5.10 Å². The highest BCUT2D eigenvalue weighted by molar-refractivity contribution is 5.35. The summed E-state index contributed by atoms with van der Waals surface area (Å²) in [5.74, 6) is 0.0707. The Bertz CT molecular complexity index is 270. The fraction of sp³-hybridized carbons (Fsp3) is 0.500. The molecule has 0 aliphatic rings. The smallest absolute Gasteiger partial charge is 0.395 e. The number of rotatable bonds is 3. The zero-order chi connectivity index (χ0) is 9.90. The number of hydrogen-bond acceptors (Lipinski definition) is 3. The molecular formula is C6H8F3N3O. The summed E-state index contributed by atoms with van der Waals surface area (Å²) in [7, 11) is 0. The van der Waals surface area contributed by atoms with Gasteiger partial charge in [-0.2, -0.15) is 18.3 Å². The van der Waals surface area contributed by atoms with Gasteiger partial charge >= 0.3 is 6.18 Å². The minimum atomic E-state index is -4.41. The molecule has 0 radical (unpaired) electrons. The van der Waals surface area contributed by atoms with Crippen LogP contribution in [0.25, 0.3) is 0 Å². The highest BCUT2D eigenvalue weighted by Gasteiger charge is 2.32. The van der Waals surface area contributed by atoms with E-state index in [1.165, 1.54) is 0 Å². The predicted octanol–water partition coefficient (Wildman–Crippen LogP) is 0.833. The molecule has 0 fully saturated rings. The number of aromatic amines is 1. The van der Waals surface area contributed by atoms with Crippen molar-refractivity contribution < 1.29 is 18.3 Å². The van der Waals surface area contributed by atoms with Crippen LogP contribution in [0.4, 0.5) is 19.0 Å². The van der Waals surface area contributed by atoms with Crippen LogP contribution in [0.3, 0.4) is 0 Å². The van der Waals surface area contributed by atoms with Gasteiger partial charge in [-0.25, -0.2) is 0 Å². The second kappa shape index (κ2) is 3.65. The standard InChI is InChI=1S/C6H8F3N3O/c7-6(8,9)4-3-5(12-11-4)10-1-2-13/h3,13H,1-2H2,(H2,10,11,12). The topological polar surface area (TPSA) is 60.9 Å². The Morgan fingerprint density at radius 1 is 1.54 bits per heavy atom. The van der Waals surface area contributed by atoms with E-state index < -0.39 is 11.9 Å². The van der Waals surface area contributed by atoms with Gasteiger partial charge in [0.1, 0.15) is 11.5 Å². The van der Waals surface area contributed by atoms with Crippen LogP contribution in [0.2, 0.25) is 0 Å². The largest absolute Gasteiger partial charge is 0.432 e. The average molecular weight is 195 g/mol. The van der Waals surface area contributed by atoms with Crippen molar-refractivity contribution in [3.63, 3.8) is 0 Å². The van der Waals surface area contributed by atoms with Crippen molar-refractivity contribution in [2.24, 2.45) is 0 Å². The van der Waals surface area contributed by atoms with Crippen molar-refractivity contribution >= 4 is 5.82 Å². The number of aliphatic hydroxyl groups excluding tert-OH is 1. The van der Waals surface area contributed by atoms with Crippen LogP contribution in [-0.4, -0.2) is 28.5 Å². The number of aromatic nitrogens is 2. The molecule has 0 bridgehead atoms. The number of anilines is 1. The van der Waals surface area contributed by atoms with Gasteiger partial charge in [0.05, 0.1) is 6.61 Å². The Morgan fingerprint density at radius 2 is 2.23 bits per heavy atom. The molecule has 1 aromatic rings. The van der Waals surface area contributed by atoms with Gasteiger partial charge in [-0.1, -0.05) is 0 Å². The van der Waals surface area contributed by atoms with Gasteiger partial charge in [0.15, 0.2) is 0 Å². The van der Waals surface area contributed by atoms with Crippen molar-refractivity contribution in [2.75, 3.05) is 18.5 Å². The van der Waals surface area contributed by atoms with Crippen LogP contribution in [0.1, 0.15) is 5.69 Å². The van der Waals surface area contributed by atoms with E-state index in [1.807, 2.05) is 5.10 Å². The number of hydrogen-bond donors (Lipinski definition) is 3. The van der Waals surface area contributed by atoms with Crippen LogP contribution in [0.5, 0.6) is 0 Å². The molecule has 0 aliphatic carbocycles. The van der Waals surface area contributed by atoms with E-state index in [4.69, 9.17) is 5.11 Å². The van der Waals surface area contributed by atoms with Crippen molar-refractivity contribution in [2.45, 2.75) is 6.18 Å². The molecule has 74 valence electrons. The summed E-state index contributed by atoms with van der Waals surface area (Å²) in [5, 5.41) is 16.1. The molecule has 0 aliphatic heterocycles. The highest BCUT2D eigenvalue weighted by atomic mass is 19.4. The Labute approximate surface area is 71.8 Å². The number of alkyl halides is 3. The molecule has 0 atom stereocenters. The molecule has 1 aromatic heterocycles. The number of nitrogens with zero attached hydrogens (tertiary/aromatic N) is 1. The third-order valence-electron chi connectivity index (χ3n) is 1.30. The lowest BCUT2D eigenvalue weighted by Crippen LogP contribution is -2.06. The summed E-state index contributed by atoms with van der Waals surface area (Å²) >= 11 is 0. The van der Waals surface area contributed by atoms with E-state index in [1.54, 1.807) is 0 Å². The second-order valence-electron chi connectivity index (χ2n) is 2.32. The van der Waals surface area contributed by atoms with Crippen LogP contribution in [-0.2, 0) is 6.18 Å². The molecule has 0 saturated heterocycles. The van der Waals surface area contributed by atoms with Crippen molar-refractivity contribution in [1.82, 2.24) is 10.2 Å². The molecular weight excluding hydrogens is 187 g/mol. The first-order valence-electron chi connectivity index (χ1n) is 3.51. The molecule has 1 heterocycles. The Kier molecular flexibility index (Phi) is 2.76. The van der Waals surface area contributed by atoms with Gasteiger partial charge in [-0.15, -0.1) is 0 Å². The van der Waals surface area contributed by atoms with Gasteiger partial charge in [-0.05, 0) is 0 Å². The third kappa shape index (κ3) is 2.62. The van der Waals surface area contributed by atoms with Gasteiger partial charge in [0.25, 0.3) is 0 Å². The molecule has 4 nitrogen and oxygen atoms in total. The normalized spacial score (nSPS) is 11.7. The summed E-state index contributed by atoms with van der Waals surface area (Å²) < 4.78 is 35.9. The van der Waals surface area contributed by atoms with Crippen LogP contribution >= 0.6 is 0 Å². The average Bonchev–Trinajstić information content (AvgIpc) is 2.47. The maximum Gasteiger partial charge on any atom is 0.432 e. The first-order valence-corrected chi connectivity index (χ1v) is 3.51. The number of halogens is 3. The summed E-state index contributed by atoms with van der Waals surface area (Å²) in [5.41, 5.74) is -0.909. The Hall–Kier alpha value is -1.24. The minimum Gasteiger partial charge on any atom is -0.395 e. The van der Waals surface area contributed by atoms with Gasteiger partial charge < -0.3 is 10.4 Å². The molecule has 7 heteroatoms. The molecule has 13 heavy (non-hydrogen) atoms. The van der Waals surface area contributed by atoms with E-state index in [2.05, 4.69) is 10.4 Å². The van der Waals surface area contributed by atoms with E-state index >= 15 is 0 Å². The first-order chi connectivity index (χ1) is 6.04. The second-order valence-corrected chi connectivity index (χ2v) is 2.32. The first kappa shape index (κ1) is 9.85. The lowest BCUT2D eigenvalue weighted by molar-refractivity contribution is -0.141. The zero-order valence-corrected chi connectivity index (χ0v) is 6.52. The summed E-state index contributed by atoms with van der Waals surface area (Å²) in [6.45, 7) is 0.0103. The fourth-order valence-electron chi connectivity index (χ4n) is 0.741. The lowest BCUT2D eigenvalue weighted by Gasteiger charge is -2.00. The summed E-state index contributed by atoms with van der Waals surface area (Å²) in [6.07, 6.45) is -4.41. The van der Waals surface area contributed by atoms with Crippen molar-refractivity contribution in [3.8, 4) is 0 Å². The minimum absolute atomic E-state index is 0.0707. The van der Waals surface area contributed by atoms with E-state index in [0.29, 0.717) is 0 Å². The highest BCUT2D eigenvalue weighted by Crippen LogP contribution is 2.28. The molecule has 0 amide bonds. The SMILES string of the molecule is OCCNc1cc(C(F)(F)F)[nH]n1. The zero-order valence-electron chi connectivity index (χ0n) is 6.52. The maximum atomic E-state index is 12.0. The van der Waals surface area contributed by atoms with Gasteiger partial charge in [0.2, 0.25) is 0 Å². The number of nitrogens with one attached hydrogen (secondary N) is 2. The summed E-state index contributed by atoms with van der Waals surface area (Å²) in [6, 6.07) is 0.843. The predicted molar refractivity (Wildman–Crippen MR) is 39.2 cm³/mol. The Balaban J connectivity index is 2.64. The van der Waals surface area contributed by atoms with Crippen LogP contribution < -0.4 is 5.32 Å². The molecule has 3 N–H and O–H groups in total. The van der Waals surface area contributed by atoms with Crippen LogP contribution in [0.15, 0.2) is 6.07 Å². The molecule has 0 spiro atoms. The fourth-order valence-corrected chi connectivity index (χ4v) is 0.741. The third-order valence-corrected chi connectivity index (χ3v) is 1.30. The lowest BCUT2D eigenvalue weighted by atomic mass is 10.4. The van der Waals surface area contributed by atoms with Gasteiger partial charge in [0, 0.05) is 12.6 Å².